The predicted molar refractivity (Wildman–Crippen MR) is 130 cm³/mol. The van der Waals surface area contributed by atoms with E-state index in [-0.39, 0.29) is 36.7 Å². The van der Waals surface area contributed by atoms with Crippen LogP contribution >= 0.6 is 36.4 Å². The van der Waals surface area contributed by atoms with E-state index in [1.807, 2.05) is 53.1 Å². The first-order valence-corrected chi connectivity index (χ1v) is 8.48. The molecule has 30 heavy (non-hydrogen) atoms. The van der Waals surface area contributed by atoms with E-state index >= 15 is 0 Å². The molecule has 0 fully saturated rings. The first-order valence-electron chi connectivity index (χ1n) is 8.10. The molecule has 0 radical (unpaired) electrons. The number of nitrogens with zero attached hydrogens (tertiary/aromatic N) is 5. The Kier molecular flexibility index (Phi) is 9.13. The zero-order valence-corrected chi connectivity index (χ0v) is 17.9. The van der Waals surface area contributed by atoms with Crippen LogP contribution in [-0.4, -0.2) is 28.9 Å². The van der Waals surface area contributed by atoms with Gasteiger partial charge in [0.1, 0.15) is 5.15 Å². The van der Waals surface area contributed by atoms with E-state index in [4.69, 9.17) is 34.5 Å². The average Bonchev–Trinajstić information content (AvgIpc) is 2.93. The van der Waals surface area contributed by atoms with Crippen LogP contribution in [0.15, 0.2) is 68.9 Å². The van der Waals surface area contributed by atoms with Crippen LogP contribution in [0.1, 0.15) is 11.1 Å². The molecule has 3 aromatic rings. The van der Waals surface area contributed by atoms with Gasteiger partial charge >= 0.3 is 0 Å². The van der Waals surface area contributed by atoms with Crippen LogP contribution in [0.5, 0.6) is 0 Å². The summed E-state index contributed by atoms with van der Waals surface area (Å²) in [7, 11) is 0. The van der Waals surface area contributed by atoms with Gasteiger partial charge in [0, 0.05) is 16.6 Å². The fourth-order valence-electron chi connectivity index (χ4n) is 2.65. The van der Waals surface area contributed by atoms with Gasteiger partial charge < -0.3 is 22.9 Å². The molecular weight excluding hydrogens is 449 g/mol. The molecule has 0 unspecified atom stereocenters. The third-order valence-electron chi connectivity index (χ3n) is 3.73. The van der Waals surface area contributed by atoms with Crippen LogP contribution in [0, 0.1) is 0 Å². The van der Waals surface area contributed by atoms with E-state index < -0.39 is 0 Å². The summed E-state index contributed by atoms with van der Waals surface area (Å²) in [6.07, 6.45) is 3.06. The summed E-state index contributed by atoms with van der Waals surface area (Å²) in [6, 6.07) is 15.3. The summed E-state index contributed by atoms with van der Waals surface area (Å²) in [5.74, 6) is -0.260. The zero-order chi connectivity index (χ0) is 20.1. The van der Waals surface area contributed by atoms with Crippen molar-refractivity contribution in [1.82, 2.24) is 4.57 Å². The molecule has 3 rings (SSSR count). The first-order chi connectivity index (χ1) is 13.5. The maximum absolute atomic E-state index is 6.67. The maximum Gasteiger partial charge on any atom is 0.211 e. The molecule has 0 spiro atoms. The number of fused-ring (bicyclic) bond motifs is 1. The molecule has 1 heterocycles. The van der Waals surface area contributed by atoms with Gasteiger partial charge in [-0.25, -0.2) is 0 Å². The molecule has 1 aromatic heterocycles. The van der Waals surface area contributed by atoms with Crippen molar-refractivity contribution in [1.29, 1.82) is 0 Å². The van der Waals surface area contributed by atoms with Crippen LogP contribution in [-0.2, 0) is 0 Å². The normalized spacial score (nSPS) is 10.6. The van der Waals surface area contributed by atoms with Crippen molar-refractivity contribution in [2.75, 3.05) is 0 Å². The van der Waals surface area contributed by atoms with Crippen molar-refractivity contribution in [3.05, 3.63) is 64.8 Å². The number of hydrogen-bond acceptors (Lipinski definition) is 4. The number of halogens is 3. The van der Waals surface area contributed by atoms with E-state index in [9.17, 15) is 0 Å². The Balaban J connectivity index is 0.00000225. The van der Waals surface area contributed by atoms with Gasteiger partial charge in [-0.15, -0.1) is 35.0 Å². The lowest BCUT2D eigenvalue weighted by molar-refractivity contribution is 1.12. The summed E-state index contributed by atoms with van der Waals surface area (Å²) in [5, 5.41) is 16.3. The molecule has 8 N–H and O–H groups in total. The number of benzene rings is 2. The van der Waals surface area contributed by atoms with Gasteiger partial charge in [0.2, 0.25) is 11.9 Å². The van der Waals surface area contributed by atoms with E-state index in [0.717, 1.165) is 22.2 Å². The molecule has 158 valence electrons. The van der Waals surface area contributed by atoms with Crippen molar-refractivity contribution < 1.29 is 0 Å². The summed E-state index contributed by atoms with van der Waals surface area (Å²) < 4.78 is 1.89. The summed E-state index contributed by atoms with van der Waals surface area (Å²) in [4.78, 5) is 0. The van der Waals surface area contributed by atoms with Crippen molar-refractivity contribution >= 4 is 71.7 Å². The monoisotopic (exact) mass is 467 g/mol. The highest BCUT2D eigenvalue weighted by Crippen LogP contribution is 2.32. The van der Waals surface area contributed by atoms with Crippen LogP contribution in [0.4, 0.5) is 0 Å². The van der Waals surface area contributed by atoms with Crippen LogP contribution in [0.3, 0.4) is 0 Å². The van der Waals surface area contributed by atoms with Crippen molar-refractivity contribution in [3.63, 3.8) is 0 Å². The van der Waals surface area contributed by atoms with Gasteiger partial charge in [-0.3, -0.25) is 4.57 Å². The molecule has 0 aliphatic rings. The average molecular weight is 469 g/mol. The molecule has 0 atom stereocenters. The lowest BCUT2D eigenvalue weighted by Gasteiger charge is -2.07. The molecular formula is C18H20Cl3N9. The lowest BCUT2D eigenvalue weighted by Crippen LogP contribution is -2.21. The second-order valence-electron chi connectivity index (χ2n) is 5.69. The number of guanidine groups is 2. The molecule has 2 aromatic carbocycles. The number of nitrogens with two attached hydrogens (primary N) is 4. The fraction of sp³-hybridized carbons (Fsp3) is 0. The molecule has 0 amide bonds. The van der Waals surface area contributed by atoms with E-state index in [1.54, 1.807) is 6.21 Å². The Morgan fingerprint density at radius 2 is 1.43 bits per heavy atom. The maximum atomic E-state index is 6.67. The molecule has 0 aliphatic heterocycles. The molecule has 9 nitrogen and oxygen atoms in total. The van der Waals surface area contributed by atoms with Crippen LogP contribution in [0.2, 0.25) is 5.15 Å². The molecule has 0 saturated heterocycles. The number of hydrogen-bond donors (Lipinski definition) is 4. The highest BCUT2D eigenvalue weighted by atomic mass is 35.5. The number of aromatic nitrogens is 1. The SMILES string of the molecule is Cl.Cl.NC(N)=N/N=C/c1ccc2c(/C=N/N=C(N)N)c(Cl)n(-c3ccccc3)c2c1. The van der Waals surface area contributed by atoms with Crippen molar-refractivity contribution in [3.8, 4) is 5.69 Å². The number of rotatable bonds is 5. The Labute approximate surface area is 190 Å². The Bertz CT molecular complexity index is 1110. The molecule has 0 aliphatic carbocycles. The summed E-state index contributed by atoms with van der Waals surface area (Å²) in [6.45, 7) is 0. The zero-order valence-electron chi connectivity index (χ0n) is 15.5. The molecule has 0 bridgehead atoms. The minimum atomic E-state index is -0.141. The second kappa shape index (κ2) is 11.1. The first kappa shape index (κ1) is 24.8. The van der Waals surface area contributed by atoms with Crippen molar-refractivity contribution in [2.45, 2.75) is 0 Å². The van der Waals surface area contributed by atoms with Gasteiger partial charge in [0.15, 0.2) is 0 Å². The highest BCUT2D eigenvalue weighted by Gasteiger charge is 2.16. The quantitative estimate of drug-likeness (QED) is 0.257. The van der Waals surface area contributed by atoms with E-state index in [0.29, 0.717) is 10.7 Å². The van der Waals surface area contributed by atoms with E-state index in [2.05, 4.69) is 20.4 Å². The summed E-state index contributed by atoms with van der Waals surface area (Å²) >= 11 is 6.67. The standard InChI is InChI=1S/C18H18ClN9.2ClH/c19-16-14(10-25-27-18(22)23)13-7-6-11(9-24-26-17(20)21)8-15(13)28(16)12-4-2-1-3-5-12;;/h1-10H,(H4,20,21,26)(H4,22,23,27);2*1H/b24-9+,25-10+;;. The lowest BCUT2D eigenvalue weighted by atomic mass is 10.1. The van der Waals surface area contributed by atoms with Crippen LogP contribution in [0.25, 0.3) is 16.6 Å². The largest absolute Gasteiger partial charge is 0.369 e. The third-order valence-corrected chi connectivity index (χ3v) is 4.10. The Hall–Kier alpha value is -3.27. The predicted octanol–water partition coefficient (Wildman–Crippen LogP) is 2.34. The minimum Gasteiger partial charge on any atom is -0.369 e. The molecule has 12 heteroatoms. The summed E-state index contributed by atoms with van der Waals surface area (Å²) in [5.41, 5.74) is 24.4. The Morgan fingerprint density at radius 1 is 0.833 bits per heavy atom. The Morgan fingerprint density at radius 3 is 2.03 bits per heavy atom. The number of para-hydroxylation sites is 1. The van der Waals surface area contributed by atoms with Gasteiger partial charge in [-0.2, -0.15) is 10.2 Å². The molecule has 0 saturated carbocycles. The van der Waals surface area contributed by atoms with Crippen molar-refractivity contribution in [2.24, 2.45) is 43.3 Å². The smallest absolute Gasteiger partial charge is 0.211 e. The van der Waals surface area contributed by atoms with Gasteiger partial charge in [-0.1, -0.05) is 41.9 Å². The fourth-order valence-corrected chi connectivity index (χ4v) is 2.99. The van der Waals surface area contributed by atoms with Gasteiger partial charge in [-0.05, 0) is 23.8 Å². The van der Waals surface area contributed by atoms with Gasteiger partial charge in [0.05, 0.1) is 17.9 Å². The minimum absolute atomic E-state index is 0. The topological polar surface area (TPSA) is 158 Å². The van der Waals surface area contributed by atoms with E-state index in [1.165, 1.54) is 6.21 Å². The third kappa shape index (κ3) is 5.63. The van der Waals surface area contributed by atoms with Crippen LogP contribution < -0.4 is 22.9 Å². The second-order valence-corrected chi connectivity index (χ2v) is 6.05. The highest BCUT2D eigenvalue weighted by molar-refractivity contribution is 6.35. The van der Waals surface area contributed by atoms with Gasteiger partial charge in [0.25, 0.3) is 0 Å².